The minimum atomic E-state index is -1.00. The third kappa shape index (κ3) is 9.97. The van der Waals surface area contributed by atoms with Crippen molar-refractivity contribution in [1.29, 1.82) is 0 Å². The van der Waals surface area contributed by atoms with Crippen LogP contribution in [0.2, 0.25) is 0 Å². The summed E-state index contributed by atoms with van der Waals surface area (Å²) in [5.41, 5.74) is 0.994. The number of amides is 2. The van der Waals surface area contributed by atoms with Crippen molar-refractivity contribution < 1.29 is 28.6 Å². The van der Waals surface area contributed by atoms with Crippen molar-refractivity contribution in [2.24, 2.45) is 0 Å². The van der Waals surface area contributed by atoms with E-state index in [1.54, 1.807) is 20.8 Å². The Hall–Kier alpha value is -3.55. The first-order chi connectivity index (χ1) is 15.2. The van der Waals surface area contributed by atoms with Crippen molar-refractivity contribution in [1.82, 2.24) is 10.6 Å². The predicted molar refractivity (Wildman–Crippen MR) is 119 cm³/mol. The Labute approximate surface area is 188 Å². The van der Waals surface area contributed by atoms with Crippen molar-refractivity contribution in [3.05, 3.63) is 71.8 Å². The van der Waals surface area contributed by atoms with Crippen molar-refractivity contribution in [2.75, 3.05) is 6.54 Å². The predicted octanol–water partition coefficient (Wildman–Crippen LogP) is 3.94. The molecule has 32 heavy (non-hydrogen) atoms. The zero-order valence-electron chi connectivity index (χ0n) is 18.6. The van der Waals surface area contributed by atoms with Crippen molar-refractivity contribution in [2.45, 2.75) is 52.0 Å². The smallest absolute Gasteiger partial charge is 0.408 e. The minimum absolute atomic E-state index is 0.0641. The van der Waals surface area contributed by atoms with Crippen LogP contribution in [-0.2, 0) is 32.2 Å². The number of rotatable bonds is 9. The van der Waals surface area contributed by atoms with Gasteiger partial charge in [0.25, 0.3) is 0 Å². The lowest BCUT2D eigenvalue weighted by atomic mass is 10.2. The van der Waals surface area contributed by atoms with E-state index in [2.05, 4.69) is 10.6 Å². The number of alkyl carbamates (subject to hydrolysis) is 2. The van der Waals surface area contributed by atoms with Crippen LogP contribution in [0.3, 0.4) is 0 Å². The molecule has 0 saturated heterocycles. The number of esters is 1. The summed E-state index contributed by atoms with van der Waals surface area (Å²) in [5.74, 6) is -0.628. The summed E-state index contributed by atoms with van der Waals surface area (Å²) in [6.07, 6.45) is -1.26. The molecule has 0 aromatic heterocycles. The molecule has 172 valence electrons. The van der Waals surface area contributed by atoms with Crippen LogP contribution in [0.1, 0.15) is 38.3 Å². The number of hydrogen-bond donors (Lipinski definition) is 2. The molecule has 0 heterocycles. The first kappa shape index (κ1) is 24.7. The quantitative estimate of drug-likeness (QED) is 0.450. The van der Waals surface area contributed by atoms with Crippen molar-refractivity contribution >= 4 is 18.2 Å². The third-order valence-electron chi connectivity index (χ3n) is 4.11. The first-order valence-corrected chi connectivity index (χ1v) is 10.4. The largest absolute Gasteiger partial charge is 0.459 e. The monoisotopic (exact) mass is 442 g/mol. The number of hydrogen-bond acceptors (Lipinski definition) is 6. The number of nitrogens with one attached hydrogen (secondary N) is 2. The van der Waals surface area contributed by atoms with Gasteiger partial charge in [-0.05, 0) is 38.3 Å². The summed E-state index contributed by atoms with van der Waals surface area (Å²) in [6.45, 7) is 5.48. The Kier molecular flexibility index (Phi) is 9.53. The molecule has 0 spiro atoms. The second kappa shape index (κ2) is 12.3. The minimum Gasteiger partial charge on any atom is -0.459 e. The Morgan fingerprint density at radius 2 is 1.34 bits per heavy atom. The van der Waals surface area contributed by atoms with E-state index in [-0.39, 0.29) is 26.2 Å². The molecule has 0 saturated carbocycles. The van der Waals surface area contributed by atoms with Crippen LogP contribution in [0.15, 0.2) is 60.7 Å². The number of benzene rings is 2. The van der Waals surface area contributed by atoms with E-state index in [1.807, 2.05) is 60.7 Å². The molecule has 0 radical (unpaired) electrons. The summed E-state index contributed by atoms with van der Waals surface area (Å²) in [4.78, 5) is 36.7. The molecular weight excluding hydrogens is 412 g/mol. The molecule has 0 aliphatic carbocycles. The van der Waals surface area contributed by atoms with Crippen molar-refractivity contribution in [3.63, 3.8) is 0 Å². The van der Waals surface area contributed by atoms with E-state index in [0.29, 0.717) is 0 Å². The standard InChI is InChI=1S/C24H30N2O6/c1-24(2,3)32-22(28)25-15-14-20(21(27)30-16-18-10-6-4-7-11-18)26-23(29)31-17-19-12-8-5-9-13-19/h4-13,20H,14-17H2,1-3H3,(H,25,28)(H,26,29)/t20-/m0/s1. The van der Waals surface area contributed by atoms with Crippen LogP contribution in [0, 0.1) is 0 Å². The van der Waals surface area contributed by atoms with Crippen LogP contribution in [0.4, 0.5) is 9.59 Å². The van der Waals surface area contributed by atoms with Gasteiger partial charge in [-0.2, -0.15) is 0 Å². The van der Waals surface area contributed by atoms with Crippen LogP contribution in [0.5, 0.6) is 0 Å². The summed E-state index contributed by atoms with van der Waals surface area (Å²) in [5, 5.41) is 5.09. The van der Waals surface area contributed by atoms with Crippen molar-refractivity contribution in [3.8, 4) is 0 Å². The average molecular weight is 443 g/mol. The molecule has 1 atom stereocenters. The van der Waals surface area contributed by atoms with Gasteiger partial charge in [0.1, 0.15) is 24.9 Å². The lowest BCUT2D eigenvalue weighted by Gasteiger charge is -2.21. The highest BCUT2D eigenvalue weighted by Crippen LogP contribution is 2.08. The van der Waals surface area contributed by atoms with Gasteiger partial charge in [0.05, 0.1) is 0 Å². The summed E-state index contributed by atoms with van der Waals surface area (Å²) < 4.78 is 15.7. The van der Waals surface area contributed by atoms with E-state index in [1.165, 1.54) is 0 Å². The van der Waals surface area contributed by atoms with Gasteiger partial charge in [0, 0.05) is 6.54 Å². The Morgan fingerprint density at radius 1 is 0.812 bits per heavy atom. The molecule has 2 aromatic carbocycles. The zero-order chi connectivity index (χ0) is 23.4. The molecule has 8 heteroatoms. The van der Waals surface area contributed by atoms with E-state index >= 15 is 0 Å². The normalized spacial score (nSPS) is 11.7. The second-order valence-electron chi connectivity index (χ2n) is 8.07. The number of ether oxygens (including phenoxy) is 3. The lowest BCUT2D eigenvalue weighted by molar-refractivity contribution is -0.147. The summed E-state index contributed by atoms with van der Waals surface area (Å²) in [6, 6.07) is 17.4. The molecule has 0 bridgehead atoms. The molecule has 0 fully saturated rings. The van der Waals surface area contributed by atoms with Crippen LogP contribution in [0.25, 0.3) is 0 Å². The van der Waals surface area contributed by atoms with Gasteiger partial charge >= 0.3 is 18.2 Å². The SMILES string of the molecule is CC(C)(C)OC(=O)NCC[C@H](NC(=O)OCc1ccccc1)C(=O)OCc1ccccc1. The molecule has 2 amide bonds. The fourth-order valence-corrected chi connectivity index (χ4v) is 2.62. The van der Waals surface area contributed by atoms with Gasteiger partial charge in [-0.25, -0.2) is 14.4 Å². The van der Waals surface area contributed by atoms with Gasteiger partial charge < -0.3 is 24.8 Å². The van der Waals surface area contributed by atoms with E-state index in [9.17, 15) is 14.4 Å². The Bertz CT molecular complexity index is 865. The van der Waals surface area contributed by atoms with Gasteiger partial charge in [-0.15, -0.1) is 0 Å². The molecule has 2 rings (SSSR count). The molecule has 8 nitrogen and oxygen atoms in total. The summed E-state index contributed by atoms with van der Waals surface area (Å²) in [7, 11) is 0. The molecule has 0 aliphatic heterocycles. The maximum Gasteiger partial charge on any atom is 0.408 e. The maximum absolute atomic E-state index is 12.6. The van der Waals surface area contributed by atoms with E-state index < -0.39 is 29.8 Å². The summed E-state index contributed by atoms with van der Waals surface area (Å²) >= 11 is 0. The zero-order valence-corrected chi connectivity index (χ0v) is 18.6. The van der Waals surface area contributed by atoms with Crippen LogP contribution in [-0.4, -0.2) is 36.3 Å². The highest BCUT2D eigenvalue weighted by molar-refractivity contribution is 5.81. The molecule has 0 unspecified atom stereocenters. The van der Waals surface area contributed by atoms with E-state index in [0.717, 1.165) is 11.1 Å². The highest BCUT2D eigenvalue weighted by Gasteiger charge is 2.24. The Morgan fingerprint density at radius 3 is 1.88 bits per heavy atom. The molecular formula is C24H30N2O6. The van der Waals surface area contributed by atoms with Gasteiger partial charge in [0.2, 0.25) is 0 Å². The van der Waals surface area contributed by atoms with Crippen LogP contribution < -0.4 is 10.6 Å². The number of carbonyl (C=O) groups excluding carboxylic acids is 3. The second-order valence-corrected chi connectivity index (χ2v) is 8.07. The van der Waals surface area contributed by atoms with Gasteiger partial charge in [0.15, 0.2) is 0 Å². The lowest BCUT2D eigenvalue weighted by Crippen LogP contribution is -2.44. The average Bonchev–Trinajstić information content (AvgIpc) is 2.75. The maximum atomic E-state index is 12.6. The van der Waals surface area contributed by atoms with Gasteiger partial charge in [-0.1, -0.05) is 60.7 Å². The fraction of sp³-hybridized carbons (Fsp3) is 0.375. The number of carbonyl (C=O) groups is 3. The third-order valence-corrected chi connectivity index (χ3v) is 4.11. The van der Waals surface area contributed by atoms with Gasteiger partial charge in [-0.3, -0.25) is 0 Å². The first-order valence-electron chi connectivity index (χ1n) is 10.4. The van der Waals surface area contributed by atoms with Crippen LogP contribution >= 0.6 is 0 Å². The highest BCUT2D eigenvalue weighted by atomic mass is 16.6. The Balaban J connectivity index is 1.90. The molecule has 2 aromatic rings. The molecule has 0 aliphatic rings. The fourth-order valence-electron chi connectivity index (χ4n) is 2.62. The van der Waals surface area contributed by atoms with E-state index in [4.69, 9.17) is 14.2 Å². The topological polar surface area (TPSA) is 103 Å². The molecule has 2 N–H and O–H groups in total.